The molecule has 29 heavy (non-hydrogen) atoms. The van der Waals surface area contributed by atoms with Gasteiger partial charge in [-0.15, -0.1) is 0 Å². The van der Waals surface area contributed by atoms with E-state index < -0.39 is 16.6 Å². The number of nitrogens with one attached hydrogen (secondary N) is 3. The van der Waals surface area contributed by atoms with Gasteiger partial charge in [-0.25, -0.2) is 18.1 Å². The van der Waals surface area contributed by atoms with Crippen molar-refractivity contribution in [2.45, 2.75) is 33.4 Å². The maximum atomic E-state index is 12.7. The van der Waals surface area contributed by atoms with Crippen molar-refractivity contribution in [3.63, 3.8) is 0 Å². The number of aliphatic imine (C=N–C) groups is 1. The summed E-state index contributed by atoms with van der Waals surface area (Å²) in [5.41, 5.74) is 0.419. The summed E-state index contributed by atoms with van der Waals surface area (Å²) in [7, 11) is -3.22. The van der Waals surface area contributed by atoms with E-state index in [0.717, 1.165) is 0 Å². The Morgan fingerprint density at radius 2 is 1.93 bits per heavy atom. The number of hydrogen-bond donors (Lipinski definition) is 3. The molecule has 0 saturated heterocycles. The Morgan fingerprint density at radius 1 is 1.21 bits per heavy atom. The van der Waals surface area contributed by atoms with E-state index in [9.17, 15) is 17.2 Å². The second-order valence-electron chi connectivity index (χ2n) is 5.96. The Labute approximate surface area is 168 Å². The highest BCUT2D eigenvalue weighted by Gasteiger charge is 2.20. The molecule has 1 aliphatic heterocycles. The van der Waals surface area contributed by atoms with Gasteiger partial charge in [0.2, 0.25) is 16.8 Å². The average molecular weight is 436 g/mol. The Morgan fingerprint density at radius 3 is 2.59 bits per heavy atom. The van der Waals surface area contributed by atoms with Crippen LogP contribution in [0.2, 0.25) is 0 Å². The second-order valence-corrected chi connectivity index (χ2v) is 8.06. The average Bonchev–Trinajstić information content (AvgIpc) is 3.12. The summed E-state index contributed by atoms with van der Waals surface area (Å²) in [4.78, 5) is 4.37. The first-order valence-electron chi connectivity index (χ1n) is 9.21. The maximum absolute atomic E-state index is 12.7. The van der Waals surface area contributed by atoms with Crippen LogP contribution in [-0.4, -0.2) is 53.2 Å². The fourth-order valence-electron chi connectivity index (χ4n) is 2.43. The van der Waals surface area contributed by atoms with Crippen LogP contribution in [0.25, 0.3) is 0 Å². The third-order valence-corrected chi connectivity index (χ3v) is 5.28. The SMILES string of the molecule is CCNC(=NCc1cc2c(cc1OC(F)F)OCO2)NCCCNS(=O)(=O)CC. The number of fused-ring (bicyclic) bond motifs is 1. The van der Waals surface area contributed by atoms with Gasteiger partial charge in [0.1, 0.15) is 5.75 Å². The first-order chi connectivity index (χ1) is 13.8. The van der Waals surface area contributed by atoms with Crippen LogP contribution in [0.4, 0.5) is 8.78 Å². The number of nitrogens with zero attached hydrogens (tertiary/aromatic N) is 1. The van der Waals surface area contributed by atoms with E-state index in [2.05, 4.69) is 25.1 Å². The summed E-state index contributed by atoms with van der Waals surface area (Å²) in [6, 6.07) is 2.92. The summed E-state index contributed by atoms with van der Waals surface area (Å²) in [5, 5.41) is 6.11. The predicted molar refractivity (Wildman–Crippen MR) is 104 cm³/mol. The van der Waals surface area contributed by atoms with Crippen molar-refractivity contribution in [1.29, 1.82) is 0 Å². The molecule has 1 aliphatic rings. The van der Waals surface area contributed by atoms with Crippen LogP contribution in [0.15, 0.2) is 17.1 Å². The smallest absolute Gasteiger partial charge is 0.387 e. The molecule has 1 aromatic rings. The topological polar surface area (TPSA) is 110 Å². The Balaban J connectivity index is 1.98. The lowest BCUT2D eigenvalue weighted by molar-refractivity contribution is -0.0505. The minimum Gasteiger partial charge on any atom is -0.454 e. The number of guanidine groups is 1. The molecule has 12 heteroatoms. The van der Waals surface area contributed by atoms with Crippen molar-refractivity contribution in [2.75, 3.05) is 32.2 Å². The molecule has 0 bridgehead atoms. The van der Waals surface area contributed by atoms with Crippen LogP contribution in [0.1, 0.15) is 25.8 Å². The van der Waals surface area contributed by atoms with Gasteiger partial charge in [0.25, 0.3) is 0 Å². The minimum absolute atomic E-state index is 0.0160. The van der Waals surface area contributed by atoms with Crippen LogP contribution in [0.5, 0.6) is 17.2 Å². The van der Waals surface area contributed by atoms with Crippen LogP contribution >= 0.6 is 0 Å². The van der Waals surface area contributed by atoms with Gasteiger partial charge in [-0.3, -0.25) is 0 Å². The second kappa shape index (κ2) is 11.0. The molecule has 3 N–H and O–H groups in total. The molecule has 1 aromatic carbocycles. The molecule has 9 nitrogen and oxygen atoms in total. The number of rotatable bonds is 11. The van der Waals surface area contributed by atoms with Crippen molar-refractivity contribution in [3.8, 4) is 17.2 Å². The summed E-state index contributed by atoms with van der Waals surface area (Å²) in [6.07, 6.45) is 0.549. The van der Waals surface area contributed by atoms with Crippen molar-refractivity contribution < 1.29 is 31.4 Å². The summed E-state index contributed by atoms with van der Waals surface area (Å²) in [5.74, 6) is 1.25. The van der Waals surface area contributed by atoms with Crippen LogP contribution < -0.4 is 29.6 Å². The van der Waals surface area contributed by atoms with Crippen molar-refractivity contribution >= 4 is 16.0 Å². The summed E-state index contributed by atoms with van der Waals surface area (Å²) < 4.78 is 65.8. The molecule has 0 aromatic heterocycles. The normalized spacial score (nSPS) is 13.6. The van der Waals surface area contributed by atoms with E-state index in [4.69, 9.17) is 9.47 Å². The fourth-order valence-corrected chi connectivity index (χ4v) is 3.09. The Hall–Kier alpha value is -2.34. The number of sulfonamides is 1. The highest BCUT2D eigenvalue weighted by atomic mass is 32.2. The molecule has 0 atom stereocenters. The van der Waals surface area contributed by atoms with Gasteiger partial charge in [-0.1, -0.05) is 0 Å². The van der Waals surface area contributed by atoms with Crippen molar-refractivity contribution in [1.82, 2.24) is 15.4 Å². The van der Waals surface area contributed by atoms with Gasteiger partial charge in [-0.2, -0.15) is 8.78 Å². The monoisotopic (exact) mass is 436 g/mol. The lowest BCUT2D eigenvalue weighted by Crippen LogP contribution is -2.38. The maximum Gasteiger partial charge on any atom is 0.387 e. The van der Waals surface area contributed by atoms with Crippen molar-refractivity contribution in [3.05, 3.63) is 17.7 Å². The first-order valence-corrected chi connectivity index (χ1v) is 10.9. The number of benzene rings is 1. The molecule has 164 valence electrons. The minimum atomic E-state index is -3.22. The number of hydrogen-bond acceptors (Lipinski definition) is 6. The van der Waals surface area contributed by atoms with Crippen LogP contribution in [-0.2, 0) is 16.6 Å². The lowest BCUT2D eigenvalue weighted by Gasteiger charge is -2.13. The Kier molecular flexibility index (Phi) is 8.70. The lowest BCUT2D eigenvalue weighted by atomic mass is 10.1. The van der Waals surface area contributed by atoms with Gasteiger partial charge < -0.3 is 24.8 Å². The number of alkyl halides is 2. The number of halogens is 2. The highest BCUT2D eigenvalue weighted by molar-refractivity contribution is 7.89. The molecule has 2 rings (SSSR count). The van der Waals surface area contributed by atoms with E-state index in [1.54, 1.807) is 13.0 Å². The third-order valence-electron chi connectivity index (χ3n) is 3.87. The van der Waals surface area contributed by atoms with E-state index in [-0.39, 0.29) is 24.8 Å². The number of ether oxygens (including phenoxy) is 3. The molecule has 0 unspecified atom stereocenters. The molecular formula is C17H26F2N4O5S. The molecule has 0 saturated carbocycles. The zero-order valence-electron chi connectivity index (χ0n) is 16.3. The molecule has 0 fully saturated rings. The standard InChI is InChI=1S/C17H26F2N4O5S/c1-3-20-17(21-6-5-7-23-29(24,25)4-2)22-10-12-8-14-15(27-11-26-14)9-13(12)28-16(18)19/h8-9,16,23H,3-7,10-11H2,1-2H3,(H2,20,21,22). The largest absolute Gasteiger partial charge is 0.454 e. The quantitative estimate of drug-likeness (QED) is 0.273. The van der Waals surface area contributed by atoms with E-state index >= 15 is 0 Å². The van der Waals surface area contributed by atoms with Gasteiger partial charge in [0.15, 0.2) is 17.5 Å². The molecular weight excluding hydrogens is 410 g/mol. The molecule has 0 amide bonds. The van der Waals surface area contributed by atoms with Crippen LogP contribution in [0, 0.1) is 0 Å². The molecule has 1 heterocycles. The first kappa shape index (κ1) is 22.9. The van der Waals surface area contributed by atoms with E-state index in [1.165, 1.54) is 6.07 Å². The summed E-state index contributed by atoms with van der Waals surface area (Å²) in [6.45, 7) is 1.93. The van der Waals surface area contributed by atoms with Crippen molar-refractivity contribution in [2.24, 2.45) is 4.99 Å². The van der Waals surface area contributed by atoms with Gasteiger partial charge in [0.05, 0.1) is 12.3 Å². The molecule has 0 aliphatic carbocycles. The van der Waals surface area contributed by atoms with Gasteiger partial charge in [0, 0.05) is 31.3 Å². The third kappa shape index (κ3) is 7.54. The van der Waals surface area contributed by atoms with E-state index in [0.29, 0.717) is 49.1 Å². The predicted octanol–water partition coefficient (Wildman–Crippen LogP) is 1.40. The molecule has 0 radical (unpaired) electrons. The zero-order chi connectivity index (χ0) is 21.3. The van der Waals surface area contributed by atoms with E-state index in [1.807, 2.05) is 6.92 Å². The highest BCUT2D eigenvalue weighted by Crippen LogP contribution is 2.38. The zero-order valence-corrected chi connectivity index (χ0v) is 17.2. The Bertz CT molecular complexity index is 805. The van der Waals surface area contributed by atoms with Crippen LogP contribution in [0.3, 0.4) is 0 Å². The van der Waals surface area contributed by atoms with Gasteiger partial charge >= 0.3 is 6.61 Å². The summed E-state index contributed by atoms with van der Waals surface area (Å²) >= 11 is 0. The fraction of sp³-hybridized carbons (Fsp3) is 0.588. The van der Waals surface area contributed by atoms with Gasteiger partial charge in [-0.05, 0) is 26.3 Å². The molecule has 0 spiro atoms.